The van der Waals surface area contributed by atoms with Crippen LogP contribution >= 0.6 is 0 Å². The molecule has 1 aliphatic heterocycles. The summed E-state index contributed by atoms with van der Waals surface area (Å²) >= 11 is 0. The van der Waals surface area contributed by atoms with Crippen molar-refractivity contribution >= 4 is 11.8 Å². The number of carbonyl (C=O) groups excluding carboxylic acids is 2. The number of likely N-dealkylation sites (tertiary alicyclic amines) is 1. The van der Waals surface area contributed by atoms with Crippen LogP contribution < -0.4 is 5.32 Å². The van der Waals surface area contributed by atoms with Gasteiger partial charge in [0.2, 0.25) is 5.91 Å². The smallest absolute Gasteiger partial charge is 0.343 e. The molecule has 2 aromatic rings. The van der Waals surface area contributed by atoms with Crippen LogP contribution in [0.25, 0.3) is 0 Å². The van der Waals surface area contributed by atoms with E-state index in [1.54, 1.807) is 0 Å². The maximum Gasteiger partial charge on any atom is 0.471 e. The van der Waals surface area contributed by atoms with E-state index in [9.17, 15) is 22.8 Å². The molecular weight excluding hydrogens is 357 g/mol. The third-order valence-electron chi connectivity index (χ3n) is 4.61. The molecule has 3 rings (SSSR count). The van der Waals surface area contributed by atoms with Crippen molar-refractivity contribution in [3.63, 3.8) is 0 Å². The minimum atomic E-state index is -4.98. The molecule has 2 aromatic carbocycles. The largest absolute Gasteiger partial charge is 0.471 e. The Balaban J connectivity index is 1.84. The van der Waals surface area contributed by atoms with Gasteiger partial charge in [0.15, 0.2) is 0 Å². The molecule has 1 fully saturated rings. The van der Waals surface area contributed by atoms with Gasteiger partial charge >= 0.3 is 12.1 Å². The average Bonchev–Trinajstić information content (AvgIpc) is 3.15. The van der Waals surface area contributed by atoms with Crippen molar-refractivity contribution in [1.29, 1.82) is 0 Å². The van der Waals surface area contributed by atoms with Crippen LogP contribution in [0.2, 0.25) is 0 Å². The summed E-state index contributed by atoms with van der Waals surface area (Å²) in [4.78, 5) is 25.0. The van der Waals surface area contributed by atoms with Crippen molar-refractivity contribution in [3.05, 3.63) is 71.8 Å². The Morgan fingerprint density at radius 2 is 1.48 bits per heavy atom. The van der Waals surface area contributed by atoms with Crippen LogP contribution in [-0.4, -0.2) is 35.5 Å². The monoisotopic (exact) mass is 376 g/mol. The molecule has 1 atom stereocenters. The summed E-state index contributed by atoms with van der Waals surface area (Å²) in [7, 11) is 0. The van der Waals surface area contributed by atoms with Gasteiger partial charge in [0.25, 0.3) is 0 Å². The van der Waals surface area contributed by atoms with Gasteiger partial charge in [-0.25, -0.2) is 0 Å². The second kappa shape index (κ2) is 7.82. The number of hydrogen-bond donors (Lipinski definition) is 1. The SMILES string of the molecule is O=C(NC(c1ccccc1)c1ccccc1)C1CCCN1C(=O)C(F)(F)F. The predicted octanol–water partition coefficient (Wildman–Crippen LogP) is 3.45. The second-order valence-electron chi connectivity index (χ2n) is 6.42. The van der Waals surface area contributed by atoms with Gasteiger partial charge in [-0.05, 0) is 24.0 Å². The Labute approximate surface area is 155 Å². The highest BCUT2D eigenvalue weighted by molar-refractivity contribution is 5.90. The van der Waals surface area contributed by atoms with E-state index in [0.717, 1.165) is 11.1 Å². The molecule has 1 aliphatic rings. The first kappa shape index (κ1) is 18.9. The molecule has 2 amide bonds. The molecule has 27 heavy (non-hydrogen) atoms. The summed E-state index contributed by atoms with van der Waals surface area (Å²) in [5.41, 5.74) is 1.62. The number of hydrogen-bond acceptors (Lipinski definition) is 2. The molecule has 4 nitrogen and oxygen atoms in total. The lowest BCUT2D eigenvalue weighted by molar-refractivity contribution is -0.186. The van der Waals surface area contributed by atoms with Gasteiger partial charge in [0, 0.05) is 6.54 Å². The van der Waals surface area contributed by atoms with Crippen LogP contribution in [0.4, 0.5) is 13.2 Å². The summed E-state index contributed by atoms with van der Waals surface area (Å²) in [6.45, 7) is -0.0717. The van der Waals surface area contributed by atoms with Gasteiger partial charge in [-0.15, -0.1) is 0 Å². The molecular formula is C20H19F3N2O2. The highest BCUT2D eigenvalue weighted by Crippen LogP contribution is 2.27. The van der Waals surface area contributed by atoms with Crippen LogP contribution in [0.3, 0.4) is 0 Å². The van der Waals surface area contributed by atoms with Crippen LogP contribution in [0.1, 0.15) is 30.0 Å². The van der Waals surface area contributed by atoms with Crippen LogP contribution in [0.5, 0.6) is 0 Å². The van der Waals surface area contributed by atoms with Crippen LogP contribution in [-0.2, 0) is 9.59 Å². The first-order valence-electron chi connectivity index (χ1n) is 8.66. The Morgan fingerprint density at radius 1 is 0.963 bits per heavy atom. The lowest BCUT2D eigenvalue weighted by Gasteiger charge is -2.27. The molecule has 0 bridgehead atoms. The van der Waals surface area contributed by atoms with Crippen molar-refractivity contribution in [3.8, 4) is 0 Å². The molecule has 0 aromatic heterocycles. The number of alkyl halides is 3. The topological polar surface area (TPSA) is 49.4 Å². The van der Waals surface area contributed by atoms with E-state index < -0.39 is 30.1 Å². The van der Waals surface area contributed by atoms with E-state index >= 15 is 0 Å². The third kappa shape index (κ3) is 4.30. The Hall–Kier alpha value is -2.83. The first-order chi connectivity index (χ1) is 12.9. The molecule has 1 saturated heterocycles. The Kier molecular flexibility index (Phi) is 5.48. The molecule has 0 aliphatic carbocycles. The van der Waals surface area contributed by atoms with Crippen LogP contribution in [0, 0.1) is 0 Å². The maximum atomic E-state index is 12.8. The highest BCUT2D eigenvalue weighted by atomic mass is 19.4. The van der Waals surface area contributed by atoms with Crippen molar-refractivity contribution in [2.45, 2.75) is 31.1 Å². The zero-order valence-electron chi connectivity index (χ0n) is 14.4. The summed E-state index contributed by atoms with van der Waals surface area (Å²) in [5.74, 6) is -2.54. The average molecular weight is 376 g/mol. The number of halogens is 3. The van der Waals surface area contributed by atoms with Crippen LogP contribution in [0.15, 0.2) is 60.7 Å². The number of nitrogens with one attached hydrogen (secondary N) is 1. The fraction of sp³-hybridized carbons (Fsp3) is 0.300. The van der Waals surface area contributed by atoms with Gasteiger partial charge in [-0.2, -0.15) is 13.2 Å². The molecule has 0 spiro atoms. The second-order valence-corrected chi connectivity index (χ2v) is 6.42. The van der Waals surface area contributed by atoms with Crippen molar-refractivity contribution in [2.75, 3.05) is 6.54 Å². The fourth-order valence-corrected chi connectivity index (χ4v) is 3.33. The van der Waals surface area contributed by atoms with Gasteiger partial charge in [0.05, 0.1) is 6.04 Å². The van der Waals surface area contributed by atoms with E-state index in [4.69, 9.17) is 0 Å². The Morgan fingerprint density at radius 3 is 1.96 bits per heavy atom. The summed E-state index contributed by atoms with van der Waals surface area (Å²) in [5, 5.41) is 2.83. The predicted molar refractivity (Wildman–Crippen MR) is 93.7 cm³/mol. The number of amides is 2. The molecule has 0 radical (unpaired) electrons. The van der Waals surface area contributed by atoms with E-state index in [1.165, 1.54) is 0 Å². The number of nitrogens with zero attached hydrogens (tertiary/aromatic N) is 1. The van der Waals surface area contributed by atoms with Gasteiger partial charge in [0.1, 0.15) is 6.04 Å². The zero-order valence-corrected chi connectivity index (χ0v) is 14.4. The van der Waals surface area contributed by atoms with Gasteiger partial charge < -0.3 is 10.2 Å². The van der Waals surface area contributed by atoms with E-state index in [2.05, 4.69) is 5.32 Å². The van der Waals surface area contributed by atoms with Gasteiger partial charge in [-0.3, -0.25) is 9.59 Å². The number of carbonyl (C=O) groups is 2. The normalized spacial score (nSPS) is 17.2. The van der Waals surface area contributed by atoms with E-state index in [1.807, 2.05) is 60.7 Å². The standard InChI is InChI=1S/C20H19F3N2O2/c21-20(22,23)19(27)25-13-7-12-16(25)18(26)24-17(14-8-3-1-4-9-14)15-10-5-2-6-11-15/h1-6,8-11,16-17H,7,12-13H2,(H,24,26). The highest BCUT2D eigenvalue weighted by Gasteiger charge is 2.47. The summed E-state index contributed by atoms with van der Waals surface area (Å²) in [6, 6.07) is 16.7. The molecule has 142 valence electrons. The van der Waals surface area contributed by atoms with Gasteiger partial charge in [-0.1, -0.05) is 60.7 Å². The quantitative estimate of drug-likeness (QED) is 0.889. The summed E-state index contributed by atoms with van der Waals surface area (Å²) in [6.07, 6.45) is -4.41. The first-order valence-corrected chi connectivity index (χ1v) is 8.66. The molecule has 7 heteroatoms. The maximum absolute atomic E-state index is 12.8. The van der Waals surface area contributed by atoms with Crippen molar-refractivity contribution < 1.29 is 22.8 Å². The Bertz CT molecular complexity index is 754. The fourth-order valence-electron chi connectivity index (χ4n) is 3.33. The lowest BCUT2D eigenvalue weighted by Crippen LogP contribution is -2.50. The third-order valence-corrected chi connectivity index (χ3v) is 4.61. The number of rotatable bonds is 4. The van der Waals surface area contributed by atoms with Crippen molar-refractivity contribution in [2.24, 2.45) is 0 Å². The zero-order chi connectivity index (χ0) is 19.4. The summed E-state index contributed by atoms with van der Waals surface area (Å²) < 4.78 is 38.4. The minimum absolute atomic E-state index is 0.0717. The molecule has 1 N–H and O–H groups in total. The van der Waals surface area contributed by atoms with E-state index in [-0.39, 0.29) is 13.0 Å². The molecule has 1 unspecified atom stereocenters. The number of benzene rings is 2. The molecule has 1 heterocycles. The van der Waals surface area contributed by atoms with Crippen molar-refractivity contribution in [1.82, 2.24) is 10.2 Å². The lowest BCUT2D eigenvalue weighted by atomic mass is 9.98. The minimum Gasteiger partial charge on any atom is -0.343 e. The molecule has 0 saturated carbocycles. The van der Waals surface area contributed by atoms with E-state index in [0.29, 0.717) is 11.3 Å².